The van der Waals surface area contributed by atoms with E-state index < -0.39 is 0 Å². The molecule has 1 aliphatic heterocycles. The molecule has 2 unspecified atom stereocenters. The van der Waals surface area contributed by atoms with Crippen molar-refractivity contribution in [2.45, 2.75) is 44.2 Å². The van der Waals surface area contributed by atoms with Crippen molar-refractivity contribution >= 4 is 0 Å². The standard InChI is InChI=1S/C17H28N2O/c1-17(20-2)11-7-13-19(14-17)12-6-10-16(18)15-8-4-3-5-9-15/h3-5,8-9,16H,6-7,10-14,18H2,1-2H3. The lowest BCUT2D eigenvalue weighted by Crippen LogP contribution is -2.47. The van der Waals surface area contributed by atoms with Gasteiger partial charge in [-0.2, -0.15) is 0 Å². The van der Waals surface area contributed by atoms with Crippen LogP contribution in [0, 0.1) is 0 Å². The molecular formula is C17H28N2O. The van der Waals surface area contributed by atoms with Crippen molar-refractivity contribution in [3.8, 4) is 0 Å². The molecule has 2 rings (SSSR count). The molecule has 1 heterocycles. The third-order valence-electron chi connectivity index (χ3n) is 4.45. The van der Waals surface area contributed by atoms with E-state index in [-0.39, 0.29) is 11.6 Å². The first-order valence-electron chi connectivity index (χ1n) is 7.71. The van der Waals surface area contributed by atoms with Gasteiger partial charge in [0.25, 0.3) is 0 Å². The molecule has 3 nitrogen and oxygen atoms in total. The first-order valence-corrected chi connectivity index (χ1v) is 7.71. The maximum absolute atomic E-state index is 6.25. The fraction of sp³-hybridized carbons (Fsp3) is 0.647. The normalized spacial score (nSPS) is 25.6. The fourth-order valence-corrected chi connectivity index (χ4v) is 3.07. The van der Waals surface area contributed by atoms with Crippen molar-refractivity contribution in [2.75, 3.05) is 26.7 Å². The van der Waals surface area contributed by atoms with Gasteiger partial charge >= 0.3 is 0 Å². The highest BCUT2D eigenvalue weighted by Crippen LogP contribution is 2.24. The molecular weight excluding hydrogens is 248 g/mol. The van der Waals surface area contributed by atoms with Gasteiger partial charge < -0.3 is 15.4 Å². The van der Waals surface area contributed by atoms with E-state index in [1.54, 1.807) is 0 Å². The lowest BCUT2D eigenvalue weighted by Gasteiger charge is -2.39. The van der Waals surface area contributed by atoms with E-state index in [2.05, 4.69) is 36.1 Å². The number of nitrogens with zero attached hydrogens (tertiary/aromatic N) is 1. The number of benzene rings is 1. The molecule has 2 N–H and O–H groups in total. The first-order chi connectivity index (χ1) is 9.63. The monoisotopic (exact) mass is 276 g/mol. The van der Waals surface area contributed by atoms with Crippen LogP contribution in [0.25, 0.3) is 0 Å². The Kier molecular flexibility index (Phi) is 5.58. The smallest absolute Gasteiger partial charge is 0.0777 e. The maximum atomic E-state index is 6.25. The van der Waals surface area contributed by atoms with Gasteiger partial charge in [0, 0.05) is 19.7 Å². The average Bonchev–Trinajstić information content (AvgIpc) is 2.48. The highest BCUT2D eigenvalue weighted by molar-refractivity contribution is 5.18. The van der Waals surface area contributed by atoms with E-state index in [0.717, 1.165) is 25.9 Å². The van der Waals surface area contributed by atoms with E-state index >= 15 is 0 Å². The molecule has 3 heteroatoms. The topological polar surface area (TPSA) is 38.5 Å². The molecule has 1 fully saturated rings. The SMILES string of the molecule is COC1(C)CCCN(CCCC(N)c2ccccc2)C1. The Labute approximate surface area is 123 Å². The molecule has 0 radical (unpaired) electrons. The Morgan fingerprint density at radius 1 is 1.35 bits per heavy atom. The summed E-state index contributed by atoms with van der Waals surface area (Å²) in [7, 11) is 1.83. The summed E-state index contributed by atoms with van der Waals surface area (Å²) in [4.78, 5) is 2.52. The third kappa shape index (κ3) is 4.30. The minimum atomic E-state index is 0.0415. The van der Waals surface area contributed by atoms with E-state index in [1.165, 1.54) is 24.9 Å². The summed E-state index contributed by atoms with van der Waals surface area (Å²) in [6, 6.07) is 10.6. The second kappa shape index (κ2) is 7.21. The minimum Gasteiger partial charge on any atom is -0.377 e. The summed E-state index contributed by atoms with van der Waals surface area (Å²) in [5.74, 6) is 0. The van der Waals surface area contributed by atoms with Gasteiger partial charge in [0.1, 0.15) is 0 Å². The molecule has 1 aromatic rings. The molecule has 0 aromatic heterocycles. The number of piperidine rings is 1. The van der Waals surface area contributed by atoms with Crippen molar-refractivity contribution in [1.82, 2.24) is 4.90 Å². The molecule has 0 aliphatic carbocycles. The average molecular weight is 276 g/mol. The fourth-order valence-electron chi connectivity index (χ4n) is 3.07. The molecule has 1 aromatic carbocycles. The van der Waals surface area contributed by atoms with Crippen molar-refractivity contribution in [1.29, 1.82) is 0 Å². The third-order valence-corrected chi connectivity index (χ3v) is 4.45. The van der Waals surface area contributed by atoms with Crippen LogP contribution in [0.1, 0.15) is 44.2 Å². The number of hydrogen-bond donors (Lipinski definition) is 1. The van der Waals surface area contributed by atoms with Crippen molar-refractivity contribution < 1.29 is 4.74 Å². The van der Waals surface area contributed by atoms with Crippen LogP contribution in [-0.4, -0.2) is 37.2 Å². The Morgan fingerprint density at radius 2 is 2.10 bits per heavy atom. The molecule has 0 amide bonds. The van der Waals surface area contributed by atoms with Crippen LogP contribution in [0.4, 0.5) is 0 Å². The van der Waals surface area contributed by atoms with Crippen LogP contribution in [0.15, 0.2) is 30.3 Å². The quantitative estimate of drug-likeness (QED) is 0.868. The van der Waals surface area contributed by atoms with E-state index in [0.29, 0.717) is 0 Å². The molecule has 0 spiro atoms. The summed E-state index contributed by atoms with van der Waals surface area (Å²) in [5, 5.41) is 0. The lowest BCUT2D eigenvalue weighted by molar-refractivity contribution is -0.0508. The Balaban J connectivity index is 1.73. The van der Waals surface area contributed by atoms with Crippen LogP contribution in [0.2, 0.25) is 0 Å². The molecule has 1 saturated heterocycles. The minimum absolute atomic E-state index is 0.0415. The second-order valence-corrected chi connectivity index (χ2v) is 6.19. The van der Waals surface area contributed by atoms with Crippen LogP contribution in [0.3, 0.4) is 0 Å². The van der Waals surface area contributed by atoms with Crippen LogP contribution in [0.5, 0.6) is 0 Å². The van der Waals surface area contributed by atoms with Crippen LogP contribution in [-0.2, 0) is 4.74 Å². The number of methoxy groups -OCH3 is 1. The molecule has 2 atom stereocenters. The van der Waals surface area contributed by atoms with Gasteiger partial charge in [-0.05, 0) is 51.3 Å². The van der Waals surface area contributed by atoms with Gasteiger partial charge in [-0.15, -0.1) is 0 Å². The highest BCUT2D eigenvalue weighted by Gasteiger charge is 2.30. The van der Waals surface area contributed by atoms with Gasteiger partial charge in [0.05, 0.1) is 5.60 Å². The number of likely N-dealkylation sites (tertiary alicyclic amines) is 1. The molecule has 112 valence electrons. The van der Waals surface area contributed by atoms with Crippen LogP contribution < -0.4 is 5.73 Å². The predicted octanol–water partition coefficient (Wildman–Crippen LogP) is 2.97. The molecule has 0 bridgehead atoms. The lowest BCUT2D eigenvalue weighted by atomic mass is 9.94. The summed E-state index contributed by atoms with van der Waals surface area (Å²) >= 11 is 0. The largest absolute Gasteiger partial charge is 0.377 e. The zero-order valence-electron chi connectivity index (χ0n) is 12.8. The summed E-state index contributed by atoms with van der Waals surface area (Å²) in [6.45, 7) is 5.58. The van der Waals surface area contributed by atoms with Crippen LogP contribution >= 0.6 is 0 Å². The van der Waals surface area contributed by atoms with E-state index in [1.807, 2.05) is 13.2 Å². The number of nitrogens with two attached hydrogens (primary N) is 1. The zero-order valence-corrected chi connectivity index (χ0v) is 12.8. The Morgan fingerprint density at radius 3 is 2.80 bits per heavy atom. The van der Waals surface area contributed by atoms with Crippen molar-refractivity contribution in [3.05, 3.63) is 35.9 Å². The summed E-state index contributed by atoms with van der Waals surface area (Å²) in [5.41, 5.74) is 7.53. The summed E-state index contributed by atoms with van der Waals surface area (Å²) in [6.07, 6.45) is 4.60. The second-order valence-electron chi connectivity index (χ2n) is 6.19. The van der Waals surface area contributed by atoms with Gasteiger partial charge in [-0.1, -0.05) is 30.3 Å². The van der Waals surface area contributed by atoms with Gasteiger partial charge in [-0.25, -0.2) is 0 Å². The maximum Gasteiger partial charge on any atom is 0.0777 e. The Hall–Kier alpha value is -0.900. The van der Waals surface area contributed by atoms with Gasteiger partial charge in [0.15, 0.2) is 0 Å². The highest BCUT2D eigenvalue weighted by atomic mass is 16.5. The molecule has 20 heavy (non-hydrogen) atoms. The summed E-state index contributed by atoms with van der Waals surface area (Å²) < 4.78 is 5.64. The van der Waals surface area contributed by atoms with Gasteiger partial charge in [0.2, 0.25) is 0 Å². The number of ether oxygens (including phenoxy) is 1. The predicted molar refractivity (Wildman–Crippen MR) is 83.7 cm³/mol. The number of rotatable bonds is 6. The van der Waals surface area contributed by atoms with Gasteiger partial charge in [-0.3, -0.25) is 0 Å². The van der Waals surface area contributed by atoms with E-state index in [9.17, 15) is 0 Å². The van der Waals surface area contributed by atoms with Crippen molar-refractivity contribution in [2.24, 2.45) is 5.73 Å². The Bertz CT molecular complexity index is 395. The molecule has 1 aliphatic rings. The van der Waals surface area contributed by atoms with E-state index in [4.69, 9.17) is 10.5 Å². The first kappa shape index (κ1) is 15.5. The van der Waals surface area contributed by atoms with Crippen molar-refractivity contribution in [3.63, 3.8) is 0 Å². The molecule has 0 saturated carbocycles. The number of hydrogen-bond acceptors (Lipinski definition) is 3. The zero-order chi connectivity index (χ0) is 14.4.